The second kappa shape index (κ2) is 12.1. The largest absolute Gasteiger partial charge is 0.468 e. The highest BCUT2D eigenvalue weighted by atomic mass is 16.8. The maximum atomic E-state index is 14.3. The summed E-state index contributed by atoms with van der Waals surface area (Å²) in [5.74, 6) is -9.84. The van der Waals surface area contributed by atoms with E-state index < -0.39 is 137 Å². The summed E-state index contributed by atoms with van der Waals surface area (Å²) < 4.78 is 60.9. The number of hydrogen-bond donors (Lipinski definition) is 3. The van der Waals surface area contributed by atoms with Crippen molar-refractivity contribution in [2.75, 3.05) is 27.4 Å². The Hall–Kier alpha value is -2.74. The van der Waals surface area contributed by atoms with E-state index in [2.05, 4.69) is 0 Å². The first-order valence-electron chi connectivity index (χ1n) is 19.0. The molecule has 3 N–H and O–H groups in total. The second-order valence-corrected chi connectivity index (χ2v) is 17.4. The number of esters is 4. The van der Waals surface area contributed by atoms with Gasteiger partial charge in [-0.1, -0.05) is 13.0 Å². The van der Waals surface area contributed by atoms with Gasteiger partial charge in [-0.15, -0.1) is 0 Å². The number of methoxy groups -OCH3 is 2. The van der Waals surface area contributed by atoms with Crippen LogP contribution in [0.2, 0.25) is 0 Å². The Morgan fingerprint density at radius 2 is 1.62 bits per heavy atom. The van der Waals surface area contributed by atoms with Crippen LogP contribution in [0, 0.1) is 34.0 Å². The lowest BCUT2D eigenvalue weighted by atomic mass is 9.37. The first-order valence-corrected chi connectivity index (χ1v) is 19.0. The highest BCUT2D eigenvalue weighted by Gasteiger charge is 2.97. The molecule has 5 saturated heterocycles. The Labute approximate surface area is 318 Å². The molecule has 306 valence electrons. The molecule has 0 aromatic rings. The zero-order valence-electron chi connectivity index (χ0n) is 32.5. The Bertz CT molecular complexity index is 1720. The van der Waals surface area contributed by atoms with Crippen molar-refractivity contribution in [2.24, 2.45) is 34.0 Å². The molecular formula is C38H52O17. The number of aliphatic hydroxyl groups is 3. The number of rotatable bonds is 8. The van der Waals surface area contributed by atoms with Crippen LogP contribution in [0.3, 0.4) is 0 Å². The van der Waals surface area contributed by atoms with Crippen LogP contribution in [0.15, 0.2) is 11.6 Å². The fourth-order valence-electron chi connectivity index (χ4n) is 12.9. The highest BCUT2D eigenvalue weighted by molar-refractivity contribution is 5.88. The van der Waals surface area contributed by atoms with E-state index >= 15 is 0 Å². The summed E-state index contributed by atoms with van der Waals surface area (Å²) in [4.78, 5) is 54.7. The first-order chi connectivity index (χ1) is 25.7. The summed E-state index contributed by atoms with van der Waals surface area (Å²) in [7, 11) is 2.24. The molecule has 55 heavy (non-hydrogen) atoms. The molecule has 8 fully saturated rings. The lowest BCUT2D eigenvalue weighted by Crippen LogP contribution is -2.79. The standard InChI is InChI=1S/C38H52O17/c1-10-17(4)27(41)52-20-12-21(51-18(5)39)35(29(42)46-8)14-48-24-25(35)34(20)15-49-37(45,30(43)47-9)28(34)32(6,26(24)40)38-22-11-19(33(38,7)55-38)36(44)13-23(50-16(2)3)54-31(36)53-22/h10,16,19-26,28,31,40,44-45H,11-15H2,1-9H3/b17-10+/t19-,20+,21-,22+,23+,24-,25-,26-,28+,31-,32-,33+,34+,35+,36+,37+,38+/m1/s1. The smallest absolute Gasteiger partial charge is 0.366 e. The topological polar surface area (TPSA) is 225 Å². The van der Waals surface area contributed by atoms with Crippen molar-refractivity contribution in [1.82, 2.24) is 0 Å². The predicted molar refractivity (Wildman–Crippen MR) is 180 cm³/mol. The van der Waals surface area contributed by atoms with Crippen molar-refractivity contribution in [1.29, 1.82) is 0 Å². The maximum Gasteiger partial charge on any atom is 0.366 e. The van der Waals surface area contributed by atoms with Gasteiger partial charge in [0, 0.05) is 53.9 Å². The van der Waals surface area contributed by atoms with Crippen LogP contribution in [-0.2, 0) is 66.5 Å². The number of epoxide rings is 1. The zero-order chi connectivity index (χ0) is 40.1. The molecule has 0 aromatic heterocycles. The van der Waals surface area contributed by atoms with Gasteiger partial charge in [0.15, 0.2) is 12.6 Å². The molecule has 1 spiro atoms. The van der Waals surface area contributed by atoms with Crippen LogP contribution in [-0.4, -0.2) is 138 Å². The molecule has 5 heterocycles. The van der Waals surface area contributed by atoms with Crippen LogP contribution in [0.4, 0.5) is 0 Å². The quantitative estimate of drug-likeness (QED) is 0.131. The van der Waals surface area contributed by atoms with Gasteiger partial charge in [0.2, 0.25) is 0 Å². The van der Waals surface area contributed by atoms with E-state index in [0.717, 1.165) is 7.11 Å². The molecule has 17 heteroatoms. The molecule has 17 atom stereocenters. The van der Waals surface area contributed by atoms with Gasteiger partial charge in [-0.2, -0.15) is 0 Å². The van der Waals surface area contributed by atoms with Crippen LogP contribution < -0.4 is 0 Å². The molecule has 0 aromatic carbocycles. The Kier molecular flexibility index (Phi) is 8.63. The molecule has 5 aliphatic heterocycles. The van der Waals surface area contributed by atoms with Crippen molar-refractivity contribution >= 4 is 23.9 Å². The van der Waals surface area contributed by atoms with Gasteiger partial charge >= 0.3 is 23.9 Å². The molecule has 17 nitrogen and oxygen atoms in total. The number of carbonyl (C=O) groups is 4. The molecule has 0 radical (unpaired) electrons. The van der Waals surface area contributed by atoms with E-state index in [4.69, 9.17) is 47.4 Å². The third-order valence-electron chi connectivity index (χ3n) is 14.9. The fraction of sp³-hybridized carbons (Fsp3) is 0.842. The van der Waals surface area contributed by atoms with Crippen LogP contribution >= 0.6 is 0 Å². The number of carbonyl (C=O) groups excluding carboxylic acids is 4. The molecular weight excluding hydrogens is 728 g/mol. The summed E-state index contributed by atoms with van der Waals surface area (Å²) >= 11 is 0. The maximum absolute atomic E-state index is 14.3. The van der Waals surface area contributed by atoms with E-state index in [9.17, 15) is 34.5 Å². The van der Waals surface area contributed by atoms with Crippen LogP contribution in [0.1, 0.15) is 67.7 Å². The summed E-state index contributed by atoms with van der Waals surface area (Å²) in [5, 5.41) is 38.2. The molecule has 3 saturated carbocycles. The third kappa shape index (κ3) is 4.45. The fourth-order valence-corrected chi connectivity index (χ4v) is 12.9. The number of hydrogen-bond acceptors (Lipinski definition) is 17. The van der Waals surface area contributed by atoms with Gasteiger partial charge in [-0.05, 0) is 41.0 Å². The minimum atomic E-state index is -2.84. The zero-order valence-corrected chi connectivity index (χ0v) is 32.5. The molecule has 2 bridgehead atoms. The summed E-state index contributed by atoms with van der Waals surface area (Å²) in [6.07, 6.45) is -7.01. The van der Waals surface area contributed by atoms with Gasteiger partial charge in [0.1, 0.15) is 34.4 Å². The molecule has 3 aliphatic carbocycles. The summed E-state index contributed by atoms with van der Waals surface area (Å²) in [5.41, 5.74) is -9.57. The Morgan fingerprint density at radius 3 is 2.24 bits per heavy atom. The SMILES string of the molecule is C/C=C(\C)C(=O)O[C@H]1C[C@@H](OC(C)=O)[C@@]2(C(=O)OC)CO[C@H]3[C@@H](O)[C@@](C)([C@]45O[C@@]4(C)[C@H]4C[C@@H]5O[C@@H]5O[C@H](OC(C)C)C[C@@]54O)[C@H]4[C@]1(CO[C@]4(O)C(=O)OC)[C@@H]32. The average molecular weight is 781 g/mol. The van der Waals surface area contributed by atoms with E-state index in [1.54, 1.807) is 33.8 Å². The van der Waals surface area contributed by atoms with E-state index in [1.165, 1.54) is 14.0 Å². The van der Waals surface area contributed by atoms with Crippen molar-refractivity contribution in [3.8, 4) is 0 Å². The molecule has 8 rings (SSSR count). The number of ether oxygens (including phenoxy) is 10. The molecule has 0 amide bonds. The van der Waals surface area contributed by atoms with Gasteiger partial charge in [0.05, 0.1) is 51.8 Å². The van der Waals surface area contributed by atoms with Gasteiger partial charge in [-0.3, -0.25) is 9.59 Å². The number of allylic oxidation sites excluding steroid dienone is 1. The number of fused-ring (bicyclic) bond motifs is 7. The van der Waals surface area contributed by atoms with E-state index in [0.29, 0.717) is 0 Å². The van der Waals surface area contributed by atoms with Gasteiger partial charge in [-0.25, -0.2) is 9.59 Å². The molecule has 0 unspecified atom stereocenters. The van der Waals surface area contributed by atoms with Crippen molar-refractivity contribution < 1.29 is 81.9 Å². The van der Waals surface area contributed by atoms with Crippen molar-refractivity contribution in [3.05, 3.63) is 11.6 Å². The van der Waals surface area contributed by atoms with Gasteiger partial charge < -0.3 is 62.7 Å². The Morgan fingerprint density at radius 1 is 0.927 bits per heavy atom. The lowest BCUT2D eigenvalue weighted by molar-refractivity contribution is -0.322. The second-order valence-electron chi connectivity index (χ2n) is 17.4. The monoisotopic (exact) mass is 780 g/mol. The van der Waals surface area contributed by atoms with Crippen molar-refractivity contribution in [3.63, 3.8) is 0 Å². The first kappa shape index (κ1) is 39.1. The highest BCUT2D eigenvalue weighted by Crippen LogP contribution is 2.83. The van der Waals surface area contributed by atoms with E-state index in [1.807, 2.05) is 13.8 Å². The van der Waals surface area contributed by atoms with Gasteiger partial charge in [0.25, 0.3) is 5.79 Å². The number of aliphatic hydroxyl groups excluding tert-OH is 1. The third-order valence-corrected chi connectivity index (χ3v) is 14.9. The van der Waals surface area contributed by atoms with Crippen molar-refractivity contribution in [2.45, 2.75) is 140 Å². The summed E-state index contributed by atoms with van der Waals surface area (Å²) in [6.45, 7) is 10.6. The molecule has 8 aliphatic rings. The minimum Gasteiger partial charge on any atom is -0.468 e. The van der Waals surface area contributed by atoms with Crippen LogP contribution in [0.25, 0.3) is 0 Å². The lowest BCUT2D eigenvalue weighted by Gasteiger charge is -2.65. The average Bonchev–Trinajstić information content (AvgIpc) is 3.45. The van der Waals surface area contributed by atoms with Crippen LogP contribution in [0.5, 0.6) is 0 Å². The normalized spacial score (nSPS) is 52.8. The summed E-state index contributed by atoms with van der Waals surface area (Å²) in [6, 6.07) is 0. The van der Waals surface area contributed by atoms with E-state index in [-0.39, 0.29) is 30.9 Å². The predicted octanol–water partition coefficient (Wildman–Crippen LogP) is 0.424. The minimum absolute atomic E-state index is 0.0689. The Balaban J connectivity index is 1.35.